The van der Waals surface area contributed by atoms with Crippen LogP contribution in [0.25, 0.3) is 0 Å². The molecule has 68 valence electrons. The Hall–Kier alpha value is -0.830. The smallest absolute Gasteiger partial charge is 0.382 e. The monoisotopic (exact) mass is 196 g/mol. The van der Waals surface area contributed by atoms with E-state index in [9.17, 15) is 13.2 Å². The summed E-state index contributed by atoms with van der Waals surface area (Å²) >= 11 is -0.411. The third-order valence-electron chi connectivity index (χ3n) is 0.711. The summed E-state index contributed by atoms with van der Waals surface area (Å²) < 4.78 is 35.1. The van der Waals surface area contributed by atoms with E-state index in [2.05, 4.69) is 0 Å². The lowest BCUT2D eigenvalue weighted by Gasteiger charge is -2.07. The first-order chi connectivity index (χ1) is 5.35. The Kier molecular flexibility index (Phi) is 3.96. The minimum atomic E-state index is -4.39. The SMILES string of the molecule is CN(C)C=C(C#N)SC(F)(F)F. The molecule has 0 aliphatic heterocycles. The molecule has 0 rings (SSSR count). The minimum absolute atomic E-state index is 0.368. The lowest BCUT2D eigenvalue weighted by atomic mass is 10.6. The van der Waals surface area contributed by atoms with Gasteiger partial charge in [-0.05, 0) is 11.8 Å². The van der Waals surface area contributed by atoms with E-state index >= 15 is 0 Å². The van der Waals surface area contributed by atoms with Gasteiger partial charge in [0.05, 0.1) is 0 Å². The van der Waals surface area contributed by atoms with Gasteiger partial charge in [-0.1, -0.05) is 0 Å². The van der Waals surface area contributed by atoms with Gasteiger partial charge >= 0.3 is 5.51 Å². The molecule has 0 aromatic rings. The molecule has 0 fully saturated rings. The summed E-state index contributed by atoms with van der Waals surface area (Å²) in [5.74, 6) is 0. The van der Waals surface area contributed by atoms with E-state index in [0.717, 1.165) is 6.20 Å². The van der Waals surface area contributed by atoms with Crippen LogP contribution < -0.4 is 0 Å². The first-order valence-electron chi connectivity index (χ1n) is 2.89. The van der Waals surface area contributed by atoms with Crippen LogP contribution in [0.2, 0.25) is 0 Å². The lowest BCUT2D eigenvalue weighted by Crippen LogP contribution is -2.05. The van der Waals surface area contributed by atoms with Gasteiger partial charge in [-0.3, -0.25) is 0 Å². The van der Waals surface area contributed by atoms with Gasteiger partial charge in [-0.2, -0.15) is 18.4 Å². The molecule has 12 heavy (non-hydrogen) atoms. The molecule has 0 saturated heterocycles. The van der Waals surface area contributed by atoms with Crippen LogP contribution in [0.4, 0.5) is 13.2 Å². The Bertz CT molecular complexity index is 214. The van der Waals surface area contributed by atoms with Crippen molar-refractivity contribution in [1.82, 2.24) is 4.90 Å². The first-order valence-corrected chi connectivity index (χ1v) is 3.71. The van der Waals surface area contributed by atoms with Gasteiger partial charge in [-0.25, -0.2) is 0 Å². The maximum atomic E-state index is 11.7. The largest absolute Gasteiger partial charge is 0.447 e. The van der Waals surface area contributed by atoms with Crippen LogP contribution in [0.5, 0.6) is 0 Å². The van der Waals surface area contributed by atoms with E-state index in [-0.39, 0.29) is 4.91 Å². The fourth-order valence-corrected chi connectivity index (χ4v) is 0.996. The van der Waals surface area contributed by atoms with Gasteiger partial charge in [0.25, 0.3) is 0 Å². The van der Waals surface area contributed by atoms with E-state index < -0.39 is 17.3 Å². The molecular weight excluding hydrogens is 189 g/mol. The predicted molar refractivity (Wildman–Crippen MR) is 41.0 cm³/mol. The normalized spacial score (nSPS) is 12.5. The summed E-state index contributed by atoms with van der Waals surface area (Å²) in [6.45, 7) is 0. The Morgan fingerprint density at radius 1 is 1.50 bits per heavy atom. The van der Waals surface area contributed by atoms with Gasteiger partial charge in [0, 0.05) is 20.3 Å². The van der Waals surface area contributed by atoms with E-state index in [0.29, 0.717) is 0 Å². The number of alkyl halides is 3. The molecule has 0 unspecified atom stereocenters. The second-order valence-corrected chi connectivity index (χ2v) is 3.22. The van der Waals surface area contributed by atoms with Crippen molar-refractivity contribution < 1.29 is 13.2 Å². The summed E-state index contributed by atoms with van der Waals surface area (Å²) in [5, 5.41) is 8.27. The van der Waals surface area contributed by atoms with Crippen molar-refractivity contribution in [1.29, 1.82) is 5.26 Å². The van der Waals surface area contributed by atoms with E-state index in [4.69, 9.17) is 5.26 Å². The number of nitriles is 1. The van der Waals surface area contributed by atoms with E-state index in [1.807, 2.05) is 0 Å². The fourth-order valence-electron chi connectivity index (χ4n) is 0.437. The van der Waals surface area contributed by atoms with Crippen molar-refractivity contribution in [3.63, 3.8) is 0 Å². The number of hydrogen-bond acceptors (Lipinski definition) is 3. The van der Waals surface area contributed by atoms with Crippen molar-refractivity contribution in [3.8, 4) is 6.07 Å². The molecular formula is C6H7F3N2S. The standard InChI is InChI=1S/C6H7F3N2S/c1-11(2)4-5(3-10)12-6(7,8)9/h4H,1-2H3. The number of rotatable bonds is 2. The molecule has 0 N–H and O–H groups in total. The molecule has 0 aromatic heterocycles. The van der Waals surface area contributed by atoms with Crippen LogP contribution >= 0.6 is 11.8 Å². The van der Waals surface area contributed by atoms with Crippen LogP contribution in [-0.2, 0) is 0 Å². The number of halogens is 3. The molecule has 0 bridgehead atoms. The second-order valence-electron chi connectivity index (χ2n) is 2.12. The Labute approximate surface area is 72.6 Å². The topological polar surface area (TPSA) is 27.0 Å². The maximum Gasteiger partial charge on any atom is 0.447 e. The highest BCUT2D eigenvalue weighted by atomic mass is 32.2. The van der Waals surface area contributed by atoms with E-state index in [1.165, 1.54) is 11.0 Å². The third kappa shape index (κ3) is 5.92. The Balaban J connectivity index is 4.32. The molecule has 0 atom stereocenters. The van der Waals surface area contributed by atoms with Crippen LogP contribution in [-0.4, -0.2) is 24.5 Å². The number of allylic oxidation sites excluding steroid dienone is 1. The highest BCUT2D eigenvalue weighted by Crippen LogP contribution is 2.35. The molecule has 0 aliphatic rings. The summed E-state index contributed by atoms with van der Waals surface area (Å²) in [6, 6.07) is 1.45. The molecule has 0 aliphatic carbocycles. The zero-order chi connectivity index (χ0) is 9.78. The zero-order valence-corrected chi connectivity index (χ0v) is 7.33. The third-order valence-corrected chi connectivity index (χ3v) is 1.36. The van der Waals surface area contributed by atoms with Crippen molar-refractivity contribution in [2.24, 2.45) is 0 Å². The van der Waals surface area contributed by atoms with Gasteiger partial charge in [0.15, 0.2) is 0 Å². The predicted octanol–water partition coefficient (Wildman–Crippen LogP) is 2.17. The number of nitrogens with zero attached hydrogens (tertiary/aromatic N) is 2. The average molecular weight is 196 g/mol. The second kappa shape index (κ2) is 4.26. The van der Waals surface area contributed by atoms with Crippen molar-refractivity contribution >= 4 is 11.8 Å². The maximum absolute atomic E-state index is 11.7. The molecule has 0 radical (unpaired) electrons. The first kappa shape index (κ1) is 11.2. The van der Waals surface area contributed by atoms with Gasteiger partial charge in [-0.15, -0.1) is 0 Å². The highest BCUT2D eigenvalue weighted by molar-refractivity contribution is 8.04. The van der Waals surface area contributed by atoms with Gasteiger partial charge < -0.3 is 4.90 Å². The highest BCUT2D eigenvalue weighted by Gasteiger charge is 2.30. The quantitative estimate of drug-likeness (QED) is 0.633. The fraction of sp³-hybridized carbons (Fsp3) is 0.500. The van der Waals surface area contributed by atoms with Crippen LogP contribution in [0.1, 0.15) is 0 Å². The van der Waals surface area contributed by atoms with Crippen LogP contribution in [0.3, 0.4) is 0 Å². The molecule has 0 saturated carbocycles. The number of thioether (sulfide) groups is 1. The number of hydrogen-bond donors (Lipinski definition) is 0. The molecule has 0 aromatic carbocycles. The van der Waals surface area contributed by atoms with Crippen molar-refractivity contribution in [2.45, 2.75) is 5.51 Å². The molecule has 0 spiro atoms. The van der Waals surface area contributed by atoms with Crippen molar-refractivity contribution in [3.05, 3.63) is 11.1 Å². The summed E-state index contributed by atoms with van der Waals surface area (Å²) in [6.07, 6.45) is 1.12. The lowest BCUT2D eigenvalue weighted by molar-refractivity contribution is -0.0321. The van der Waals surface area contributed by atoms with Gasteiger partial charge in [0.1, 0.15) is 11.0 Å². The van der Waals surface area contributed by atoms with E-state index in [1.54, 1.807) is 14.1 Å². The van der Waals surface area contributed by atoms with Gasteiger partial charge in [0.2, 0.25) is 0 Å². The van der Waals surface area contributed by atoms with Crippen molar-refractivity contribution in [2.75, 3.05) is 14.1 Å². The summed E-state index contributed by atoms with van der Waals surface area (Å²) in [4.78, 5) is 1.02. The van der Waals surface area contributed by atoms with Crippen LogP contribution in [0, 0.1) is 11.3 Å². The summed E-state index contributed by atoms with van der Waals surface area (Å²) in [5.41, 5.74) is -4.39. The minimum Gasteiger partial charge on any atom is -0.382 e. The Morgan fingerprint density at radius 2 is 2.00 bits per heavy atom. The summed E-state index contributed by atoms with van der Waals surface area (Å²) in [7, 11) is 3.10. The molecule has 0 heterocycles. The Morgan fingerprint density at radius 3 is 2.25 bits per heavy atom. The average Bonchev–Trinajstić information content (AvgIpc) is 1.82. The zero-order valence-electron chi connectivity index (χ0n) is 6.51. The molecule has 6 heteroatoms. The molecule has 0 amide bonds. The van der Waals surface area contributed by atoms with Crippen LogP contribution in [0.15, 0.2) is 11.1 Å². The molecule has 2 nitrogen and oxygen atoms in total.